The van der Waals surface area contributed by atoms with Gasteiger partial charge in [0.15, 0.2) is 0 Å². The summed E-state index contributed by atoms with van der Waals surface area (Å²) in [5, 5.41) is 5.65. The van der Waals surface area contributed by atoms with Crippen LogP contribution in [0.2, 0.25) is 0 Å². The Bertz CT molecular complexity index is 297. The smallest absolute Gasteiger partial charge is 0.0795 e. The molecule has 0 amide bonds. The van der Waals surface area contributed by atoms with E-state index in [9.17, 15) is 0 Å². The van der Waals surface area contributed by atoms with Crippen molar-refractivity contribution in [2.45, 2.75) is 45.1 Å². The first kappa shape index (κ1) is 12.1. The molecule has 0 aromatic carbocycles. The molecular formula is C13H22N2S. The highest BCUT2D eigenvalue weighted by molar-refractivity contribution is 7.07. The van der Waals surface area contributed by atoms with Gasteiger partial charge in [-0.1, -0.05) is 26.2 Å². The third-order valence-corrected chi connectivity index (χ3v) is 4.56. The quantitative estimate of drug-likeness (QED) is 0.866. The van der Waals surface area contributed by atoms with E-state index in [1.807, 2.05) is 5.51 Å². The van der Waals surface area contributed by atoms with Gasteiger partial charge < -0.3 is 5.32 Å². The summed E-state index contributed by atoms with van der Waals surface area (Å²) in [5.74, 6) is 1.72. The van der Waals surface area contributed by atoms with Crippen LogP contribution in [0.5, 0.6) is 0 Å². The largest absolute Gasteiger partial charge is 0.311 e. The molecule has 1 aromatic rings. The molecule has 1 aliphatic carbocycles. The molecule has 0 radical (unpaired) electrons. The summed E-state index contributed by atoms with van der Waals surface area (Å²) in [4.78, 5) is 4.47. The molecule has 3 unspecified atom stereocenters. The average molecular weight is 238 g/mol. The molecule has 1 saturated carbocycles. The van der Waals surface area contributed by atoms with Crippen LogP contribution in [-0.4, -0.2) is 12.0 Å². The Labute approximate surface area is 102 Å². The topological polar surface area (TPSA) is 24.9 Å². The lowest BCUT2D eigenvalue weighted by Crippen LogP contribution is -2.29. The Kier molecular flexibility index (Phi) is 4.36. The normalized spacial score (nSPS) is 27.9. The first-order valence-electron chi connectivity index (χ1n) is 6.40. The predicted octanol–water partition coefficient (Wildman–Crippen LogP) is 3.62. The molecule has 0 aliphatic heterocycles. The van der Waals surface area contributed by atoms with Crippen LogP contribution in [0, 0.1) is 11.8 Å². The van der Waals surface area contributed by atoms with Crippen LogP contribution in [0.25, 0.3) is 0 Å². The van der Waals surface area contributed by atoms with Gasteiger partial charge in [0.2, 0.25) is 0 Å². The molecule has 1 aliphatic rings. The minimum atomic E-state index is 0.473. The molecule has 0 saturated heterocycles. The van der Waals surface area contributed by atoms with Crippen LogP contribution in [0.1, 0.15) is 50.8 Å². The van der Waals surface area contributed by atoms with Crippen molar-refractivity contribution < 1.29 is 0 Å². The fourth-order valence-corrected chi connectivity index (χ4v) is 3.60. The second-order valence-electron chi connectivity index (χ2n) is 4.88. The predicted molar refractivity (Wildman–Crippen MR) is 69.7 cm³/mol. The molecule has 3 atom stereocenters. The number of rotatable bonds is 4. The SMILES string of the molecule is CCC1CCCC(C(NC)c2cscn2)C1. The van der Waals surface area contributed by atoms with E-state index >= 15 is 0 Å². The third-order valence-electron chi connectivity index (χ3n) is 3.95. The van der Waals surface area contributed by atoms with Crippen molar-refractivity contribution in [2.75, 3.05) is 7.05 Å². The van der Waals surface area contributed by atoms with Crippen LogP contribution in [0.3, 0.4) is 0 Å². The van der Waals surface area contributed by atoms with Gasteiger partial charge in [0, 0.05) is 5.38 Å². The summed E-state index contributed by atoms with van der Waals surface area (Å²) in [6.45, 7) is 2.32. The standard InChI is InChI=1S/C13H22N2S/c1-3-10-5-4-6-11(7-10)13(14-2)12-8-16-9-15-12/h8-11,13-14H,3-7H2,1-2H3. The van der Waals surface area contributed by atoms with Gasteiger partial charge in [-0.25, -0.2) is 4.98 Å². The van der Waals surface area contributed by atoms with Crippen molar-refractivity contribution in [2.24, 2.45) is 11.8 Å². The average Bonchev–Trinajstić information content (AvgIpc) is 2.84. The number of nitrogens with one attached hydrogen (secondary N) is 1. The minimum absolute atomic E-state index is 0.473. The Morgan fingerprint density at radius 3 is 3.06 bits per heavy atom. The van der Waals surface area contributed by atoms with E-state index in [1.165, 1.54) is 37.8 Å². The zero-order chi connectivity index (χ0) is 11.4. The molecule has 3 heteroatoms. The van der Waals surface area contributed by atoms with Crippen molar-refractivity contribution in [3.05, 3.63) is 16.6 Å². The van der Waals surface area contributed by atoms with Gasteiger partial charge in [-0.2, -0.15) is 0 Å². The van der Waals surface area contributed by atoms with Crippen LogP contribution >= 0.6 is 11.3 Å². The van der Waals surface area contributed by atoms with Gasteiger partial charge in [-0.15, -0.1) is 11.3 Å². The van der Waals surface area contributed by atoms with Crippen molar-refractivity contribution in [3.8, 4) is 0 Å². The molecule has 0 spiro atoms. The van der Waals surface area contributed by atoms with E-state index in [0.717, 1.165) is 11.8 Å². The van der Waals surface area contributed by atoms with Crippen LogP contribution in [0.4, 0.5) is 0 Å². The second kappa shape index (κ2) is 5.78. The highest BCUT2D eigenvalue weighted by Crippen LogP contribution is 2.38. The Balaban J connectivity index is 2.03. The first-order chi connectivity index (χ1) is 7.85. The summed E-state index contributed by atoms with van der Waals surface area (Å²) in [6.07, 6.45) is 6.90. The maximum Gasteiger partial charge on any atom is 0.0795 e. The lowest BCUT2D eigenvalue weighted by Gasteiger charge is -2.33. The van der Waals surface area contributed by atoms with E-state index in [4.69, 9.17) is 0 Å². The Morgan fingerprint density at radius 2 is 2.44 bits per heavy atom. The van der Waals surface area contributed by atoms with Gasteiger partial charge in [-0.3, -0.25) is 0 Å². The van der Waals surface area contributed by atoms with Gasteiger partial charge in [0.05, 0.1) is 17.2 Å². The molecule has 2 nitrogen and oxygen atoms in total. The second-order valence-corrected chi connectivity index (χ2v) is 5.60. The van der Waals surface area contributed by atoms with Crippen molar-refractivity contribution in [3.63, 3.8) is 0 Å². The van der Waals surface area contributed by atoms with Crippen molar-refractivity contribution in [1.82, 2.24) is 10.3 Å². The summed E-state index contributed by atoms with van der Waals surface area (Å²) in [7, 11) is 2.07. The Hall–Kier alpha value is -0.410. The fourth-order valence-electron chi connectivity index (χ4n) is 3.01. The fraction of sp³-hybridized carbons (Fsp3) is 0.769. The molecular weight excluding hydrogens is 216 g/mol. The molecule has 1 N–H and O–H groups in total. The van der Waals surface area contributed by atoms with E-state index in [2.05, 4.69) is 29.7 Å². The van der Waals surface area contributed by atoms with Crippen molar-refractivity contribution in [1.29, 1.82) is 0 Å². The van der Waals surface area contributed by atoms with Gasteiger partial charge >= 0.3 is 0 Å². The van der Waals surface area contributed by atoms with E-state index < -0.39 is 0 Å². The zero-order valence-corrected chi connectivity index (χ0v) is 11.1. The number of thiazole rings is 1. The van der Waals surface area contributed by atoms with Crippen LogP contribution < -0.4 is 5.32 Å². The van der Waals surface area contributed by atoms with E-state index in [0.29, 0.717) is 6.04 Å². The molecule has 2 rings (SSSR count). The summed E-state index contributed by atoms with van der Waals surface area (Å²) in [5.41, 5.74) is 3.19. The molecule has 16 heavy (non-hydrogen) atoms. The summed E-state index contributed by atoms with van der Waals surface area (Å²) in [6, 6.07) is 0.473. The molecule has 90 valence electrons. The maximum atomic E-state index is 4.47. The first-order valence-corrected chi connectivity index (χ1v) is 7.34. The van der Waals surface area contributed by atoms with E-state index in [1.54, 1.807) is 11.3 Å². The molecule has 1 fully saturated rings. The lowest BCUT2D eigenvalue weighted by molar-refractivity contribution is 0.213. The minimum Gasteiger partial charge on any atom is -0.311 e. The molecule has 1 aromatic heterocycles. The van der Waals surface area contributed by atoms with Gasteiger partial charge in [0.1, 0.15) is 0 Å². The molecule has 1 heterocycles. The Morgan fingerprint density at radius 1 is 1.56 bits per heavy atom. The van der Waals surface area contributed by atoms with Crippen LogP contribution in [-0.2, 0) is 0 Å². The number of hydrogen-bond donors (Lipinski definition) is 1. The summed E-state index contributed by atoms with van der Waals surface area (Å²) < 4.78 is 0. The zero-order valence-electron chi connectivity index (χ0n) is 10.3. The van der Waals surface area contributed by atoms with E-state index in [-0.39, 0.29) is 0 Å². The van der Waals surface area contributed by atoms with Gasteiger partial charge in [0.25, 0.3) is 0 Å². The summed E-state index contributed by atoms with van der Waals surface area (Å²) >= 11 is 1.70. The highest BCUT2D eigenvalue weighted by atomic mass is 32.1. The lowest BCUT2D eigenvalue weighted by atomic mass is 9.76. The molecule has 0 bridgehead atoms. The third kappa shape index (κ3) is 2.64. The number of nitrogens with zero attached hydrogens (tertiary/aromatic N) is 1. The monoisotopic (exact) mass is 238 g/mol. The number of hydrogen-bond acceptors (Lipinski definition) is 3. The van der Waals surface area contributed by atoms with Gasteiger partial charge in [-0.05, 0) is 31.7 Å². The maximum absolute atomic E-state index is 4.47. The number of aromatic nitrogens is 1. The van der Waals surface area contributed by atoms with Crippen LogP contribution in [0.15, 0.2) is 10.9 Å². The van der Waals surface area contributed by atoms with Crippen molar-refractivity contribution >= 4 is 11.3 Å². The highest BCUT2D eigenvalue weighted by Gasteiger charge is 2.28.